The first-order valence-electron chi connectivity index (χ1n) is 4.93. The SMILES string of the molecule is NCC(=O)Nc1ccc2c(N)cc(=O)oc2c1. The molecule has 0 atom stereocenters. The zero-order valence-corrected chi connectivity index (χ0v) is 8.90. The number of nitrogen functional groups attached to an aromatic ring is 1. The Hall–Kier alpha value is -2.34. The molecule has 1 amide bonds. The fourth-order valence-electron chi connectivity index (χ4n) is 1.48. The minimum atomic E-state index is -0.530. The molecule has 6 nitrogen and oxygen atoms in total. The highest BCUT2D eigenvalue weighted by Gasteiger charge is 2.05. The summed E-state index contributed by atoms with van der Waals surface area (Å²) in [6.45, 7) is -0.112. The van der Waals surface area contributed by atoms with Crippen LogP contribution in [0.25, 0.3) is 11.0 Å². The van der Waals surface area contributed by atoms with Crippen LogP contribution in [-0.2, 0) is 4.79 Å². The number of fused-ring (bicyclic) bond motifs is 1. The summed E-state index contributed by atoms with van der Waals surface area (Å²) < 4.78 is 4.98. The van der Waals surface area contributed by atoms with Crippen molar-refractivity contribution in [1.29, 1.82) is 0 Å². The highest BCUT2D eigenvalue weighted by molar-refractivity contribution is 5.96. The molecule has 0 radical (unpaired) electrons. The lowest BCUT2D eigenvalue weighted by atomic mass is 10.2. The highest BCUT2D eigenvalue weighted by Crippen LogP contribution is 2.22. The molecule has 17 heavy (non-hydrogen) atoms. The Balaban J connectivity index is 2.50. The molecule has 0 aliphatic heterocycles. The zero-order chi connectivity index (χ0) is 12.4. The number of nitrogens with one attached hydrogen (secondary N) is 1. The lowest BCUT2D eigenvalue weighted by Gasteiger charge is -2.05. The molecular weight excluding hydrogens is 222 g/mol. The molecule has 0 spiro atoms. The summed E-state index contributed by atoms with van der Waals surface area (Å²) in [4.78, 5) is 22.2. The van der Waals surface area contributed by atoms with Crippen LogP contribution in [0.2, 0.25) is 0 Å². The number of hydrogen-bond donors (Lipinski definition) is 3. The van der Waals surface area contributed by atoms with E-state index in [4.69, 9.17) is 15.9 Å². The number of amides is 1. The van der Waals surface area contributed by atoms with Gasteiger partial charge in [0.1, 0.15) is 5.58 Å². The average molecular weight is 233 g/mol. The summed E-state index contributed by atoms with van der Waals surface area (Å²) in [6.07, 6.45) is 0. The van der Waals surface area contributed by atoms with Gasteiger partial charge >= 0.3 is 5.63 Å². The summed E-state index contributed by atoms with van der Waals surface area (Å²) in [5.74, 6) is -0.324. The molecule has 88 valence electrons. The summed E-state index contributed by atoms with van der Waals surface area (Å²) in [5.41, 5.74) is 11.5. The maximum absolute atomic E-state index is 11.1. The first kappa shape index (κ1) is 11.2. The third-order valence-electron chi connectivity index (χ3n) is 2.25. The lowest BCUT2D eigenvalue weighted by molar-refractivity contribution is -0.114. The maximum atomic E-state index is 11.1. The Labute approximate surface area is 96.2 Å². The van der Waals surface area contributed by atoms with E-state index in [-0.39, 0.29) is 12.5 Å². The van der Waals surface area contributed by atoms with Crippen LogP contribution in [-0.4, -0.2) is 12.5 Å². The van der Waals surface area contributed by atoms with Crippen molar-refractivity contribution >= 4 is 28.3 Å². The van der Waals surface area contributed by atoms with E-state index in [1.807, 2.05) is 0 Å². The molecule has 0 aliphatic rings. The van der Waals surface area contributed by atoms with Gasteiger partial charge in [-0.2, -0.15) is 0 Å². The van der Waals surface area contributed by atoms with Gasteiger partial charge in [-0.15, -0.1) is 0 Å². The van der Waals surface area contributed by atoms with Crippen LogP contribution in [0.3, 0.4) is 0 Å². The van der Waals surface area contributed by atoms with Crippen molar-refractivity contribution in [1.82, 2.24) is 0 Å². The quantitative estimate of drug-likeness (QED) is 0.645. The molecule has 2 aromatic rings. The smallest absolute Gasteiger partial charge is 0.338 e. The van der Waals surface area contributed by atoms with E-state index in [0.717, 1.165) is 0 Å². The van der Waals surface area contributed by atoms with Crippen molar-refractivity contribution < 1.29 is 9.21 Å². The number of anilines is 2. The van der Waals surface area contributed by atoms with Gasteiger partial charge in [0.2, 0.25) is 5.91 Å². The van der Waals surface area contributed by atoms with Gasteiger partial charge in [0.25, 0.3) is 0 Å². The molecule has 0 unspecified atom stereocenters. The number of hydrogen-bond acceptors (Lipinski definition) is 5. The summed E-state index contributed by atoms with van der Waals surface area (Å²) in [5, 5.41) is 3.18. The van der Waals surface area contributed by atoms with E-state index in [1.165, 1.54) is 12.1 Å². The zero-order valence-electron chi connectivity index (χ0n) is 8.90. The number of carbonyl (C=O) groups is 1. The fourth-order valence-corrected chi connectivity index (χ4v) is 1.48. The minimum absolute atomic E-state index is 0.112. The van der Waals surface area contributed by atoms with Crippen LogP contribution in [0.15, 0.2) is 33.5 Å². The Bertz CT molecular complexity index is 633. The Morgan fingerprint density at radius 1 is 1.35 bits per heavy atom. The third-order valence-corrected chi connectivity index (χ3v) is 2.25. The minimum Gasteiger partial charge on any atom is -0.423 e. The first-order valence-corrected chi connectivity index (χ1v) is 4.93. The van der Waals surface area contributed by atoms with E-state index in [0.29, 0.717) is 22.3 Å². The molecule has 6 heteroatoms. The van der Waals surface area contributed by atoms with Crippen molar-refractivity contribution in [2.45, 2.75) is 0 Å². The monoisotopic (exact) mass is 233 g/mol. The first-order chi connectivity index (χ1) is 8.10. The summed E-state index contributed by atoms with van der Waals surface area (Å²) in [6, 6.07) is 6.06. The molecule has 1 heterocycles. The molecule has 1 aromatic carbocycles. The lowest BCUT2D eigenvalue weighted by Crippen LogP contribution is -2.21. The second kappa shape index (κ2) is 4.26. The molecule has 5 N–H and O–H groups in total. The molecule has 0 bridgehead atoms. The standard InChI is InChI=1S/C11H11N3O3/c12-5-10(15)14-6-1-2-7-8(13)4-11(16)17-9(7)3-6/h1-4H,5,12-13H2,(H,14,15). The van der Waals surface area contributed by atoms with Crippen LogP contribution in [0.4, 0.5) is 11.4 Å². The van der Waals surface area contributed by atoms with Crippen LogP contribution in [0, 0.1) is 0 Å². The maximum Gasteiger partial charge on any atom is 0.338 e. The second-order valence-electron chi connectivity index (χ2n) is 3.48. The van der Waals surface area contributed by atoms with Crippen LogP contribution in [0.1, 0.15) is 0 Å². The summed E-state index contributed by atoms with van der Waals surface area (Å²) >= 11 is 0. The van der Waals surface area contributed by atoms with Gasteiger partial charge in [0, 0.05) is 28.9 Å². The van der Waals surface area contributed by atoms with Gasteiger partial charge in [-0.05, 0) is 12.1 Å². The van der Waals surface area contributed by atoms with E-state index < -0.39 is 5.63 Å². The Kier molecular flexibility index (Phi) is 2.80. The molecule has 1 aromatic heterocycles. The molecule has 0 saturated carbocycles. The van der Waals surface area contributed by atoms with Crippen LogP contribution in [0.5, 0.6) is 0 Å². The largest absolute Gasteiger partial charge is 0.423 e. The second-order valence-corrected chi connectivity index (χ2v) is 3.48. The number of carbonyl (C=O) groups excluding carboxylic acids is 1. The van der Waals surface area contributed by atoms with Crippen molar-refractivity contribution in [2.75, 3.05) is 17.6 Å². The molecule has 0 fully saturated rings. The topological polar surface area (TPSA) is 111 Å². The Morgan fingerprint density at radius 2 is 2.12 bits per heavy atom. The normalized spacial score (nSPS) is 10.4. The molecule has 0 aliphatic carbocycles. The predicted molar refractivity (Wildman–Crippen MR) is 64.6 cm³/mol. The van der Waals surface area contributed by atoms with Gasteiger partial charge in [0.05, 0.1) is 6.54 Å². The van der Waals surface area contributed by atoms with Crippen molar-refractivity contribution in [2.24, 2.45) is 5.73 Å². The van der Waals surface area contributed by atoms with E-state index in [1.54, 1.807) is 12.1 Å². The number of benzene rings is 1. The van der Waals surface area contributed by atoms with Crippen LogP contribution < -0.4 is 22.4 Å². The predicted octanol–water partition coefficient (Wildman–Crippen LogP) is 0.272. The number of nitrogens with two attached hydrogens (primary N) is 2. The van der Waals surface area contributed by atoms with Gasteiger partial charge in [-0.3, -0.25) is 4.79 Å². The van der Waals surface area contributed by atoms with Gasteiger partial charge in [-0.25, -0.2) is 4.79 Å². The van der Waals surface area contributed by atoms with Gasteiger partial charge in [0.15, 0.2) is 0 Å². The van der Waals surface area contributed by atoms with E-state index in [9.17, 15) is 9.59 Å². The van der Waals surface area contributed by atoms with Crippen molar-refractivity contribution in [3.63, 3.8) is 0 Å². The van der Waals surface area contributed by atoms with E-state index in [2.05, 4.69) is 5.32 Å². The highest BCUT2D eigenvalue weighted by atomic mass is 16.4. The van der Waals surface area contributed by atoms with Crippen molar-refractivity contribution in [3.8, 4) is 0 Å². The van der Waals surface area contributed by atoms with Crippen molar-refractivity contribution in [3.05, 3.63) is 34.7 Å². The summed E-state index contributed by atoms with van der Waals surface area (Å²) in [7, 11) is 0. The van der Waals surface area contributed by atoms with E-state index >= 15 is 0 Å². The van der Waals surface area contributed by atoms with Gasteiger partial charge in [-0.1, -0.05) is 0 Å². The Morgan fingerprint density at radius 3 is 2.82 bits per heavy atom. The number of rotatable bonds is 2. The third kappa shape index (κ3) is 2.26. The molecule has 0 saturated heterocycles. The van der Waals surface area contributed by atoms with Gasteiger partial charge < -0.3 is 21.2 Å². The molecular formula is C11H11N3O3. The molecule has 2 rings (SSSR count). The fraction of sp³-hybridized carbons (Fsp3) is 0.0909. The average Bonchev–Trinajstić information content (AvgIpc) is 2.28. The van der Waals surface area contributed by atoms with Crippen LogP contribution >= 0.6 is 0 Å².